The zero-order valence-electron chi connectivity index (χ0n) is 28.6. The van der Waals surface area contributed by atoms with Crippen LogP contribution in [0, 0.1) is 0 Å². The summed E-state index contributed by atoms with van der Waals surface area (Å²) in [4.78, 5) is 2.49. The summed E-state index contributed by atoms with van der Waals surface area (Å²) >= 11 is 1.91. The van der Waals surface area contributed by atoms with Crippen LogP contribution in [0.15, 0.2) is 176 Å². The van der Waals surface area contributed by atoms with E-state index in [4.69, 9.17) is 0 Å². The Labute approximate surface area is 303 Å². The first-order valence-corrected chi connectivity index (χ1v) is 21.5. The van der Waals surface area contributed by atoms with Crippen LogP contribution in [0.3, 0.4) is 0 Å². The van der Waals surface area contributed by atoms with E-state index in [2.05, 4.69) is 194 Å². The molecule has 3 heteroatoms. The Morgan fingerprint density at radius 2 is 1.20 bits per heavy atom. The molecule has 242 valence electrons. The Bertz CT molecular complexity index is 2790. The number of anilines is 3. The van der Waals surface area contributed by atoms with E-state index in [-0.39, 0.29) is 0 Å². The van der Waals surface area contributed by atoms with Crippen LogP contribution in [-0.2, 0) is 0 Å². The van der Waals surface area contributed by atoms with Crippen molar-refractivity contribution in [2.24, 2.45) is 0 Å². The topological polar surface area (TPSA) is 3.24 Å². The number of hydrogen-bond acceptors (Lipinski definition) is 2. The highest BCUT2D eigenvalue weighted by molar-refractivity contribution is 7.26. The lowest BCUT2D eigenvalue weighted by Crippen LogP contribution is -2.49. The lowest BCUT2D eigenvalue weighted by Gasteiger charge is -2.30. The molecule has 0 fully saturated rings. The standard InChI is InChI=1S/C48H35NSSi/c1-51(2)45-28-27-44-47(40-20-9-11-22-43(40)50-44)48(45)41-26-25-38(31-46(41)51)49(37-18-12-17-35(30-37)32-13-4-3-5-14-32)42-21-10-8-19-39(42)36-24-23-33-15-6-7-16-34(33)29-36/h3-31H,1-2H3. The van der Waals surface area contributed by atoms with Crippen LogP contribution in [0.2, 0.25) is 13.1 Å². The summed E-state index contributed by atoms with van der Waals surface area (Å²) in [5, 5.41) is 8.35. The summed E-state index contributed by atoms with van der Waals surface area (Å²) < 4.78 is 2.74. The Hall–Kier alpha value is -5.74. The van der Waals surface area contributed by atoms with E-state index in [0.717, 1.165) is 5.69 Å². The first-order valence-electron chi connectivity index (χ1n) is 17.7. The third-order valence-electron chi connectivity index (χ3n) is 10.8. The maximum atomic E-state index is 2.53. The fourth-order valence-corrected chi connectivity index (χ4v) is 12.5. The van der Waals surface area contributed by atoms with Crippen LogP contribution < -0.4 is 15.3 Å². The van der Waals surface area contributed by atoms with E-state index in [1.807, 2.05) is 11.3 Å². The van der Waals surface area contributed by atoms with Crippen molar-refractivity contribution in [3.63, 3.8) is 0 Å². The van der Waals surface area contributed by atoms with E-state index >= 15 is 0 Å². The Morgan fingerprint density at radius 1 is 0.451 bits per heavy atom. The molecule has 0 amide bonds. The van der Waals surface area contributed by atoms with Gasteiger partial charge in [-0.3, -0.25) is 0 Å². The molecule has 1 nitrogen and oxygen atoms in total. The minimum Gasteiger partial charge on any atom is -0.310 e. The average Bonchev–Trinajstić information content (AvgIpc) is 3.67. The zero-order valence-corrected chi connectivity index (χ0v) is 30.4. The Kier molecular flexibility index (Phi) is 6.89. The third kappa shape index (κ3) is 4.80. The minimum atomic E-state index is -2.03. The number of para-hydroxylation sites is 1. The average molecular weight is 686 g/mol. The highest BCUT2D eigenvalue weighted by Crippen LogP contribution is 2.46. The van der Waals surface area contributed by atoms with Gasteiger partial charge in [-0.05, 0) is 97.5 Å². The fraction of sp³-hybridized carbons (Fsp3) is 0.0417. The first-order chi connectivity index (χ1) is 25.0. The van der Waals surface area contributed by atoms with Crippen molar-refractivity contribution in [2.75, 3.05) is 4.90 Å². The van der Waals surface area contributed by atoms with Gasteiger partial charge in [-0.2, -0.15) is 0 Å². The molecule has 0 saturated heterocycles. The fourth-order valence-electron chi connectivity index (χ4n) is 8.32. The van der Waals surface area contributed by atoms with Crippen molar-refractivity contribution in [3.05, 3.63) is 176 Å². The maximum absolute atomic E-state index is 2.53. The molecule has 1 aliphatic rings. The van der Waals surface area contributed by atoms with E-state index in [1.165, 1.54) is 80.9 Å². The van der Waals surface area contributed by atoms with Gasteiger partial charge in [0.05, 0.1) is 5.69 Å². The molecule has 0 saturated carbocycles. The van der Waals surface area contributed by atoms with Gasteiger partial charge in [0.1, 0.15) is 8.07 Å². The van der Waals surface area contributed by atoms with Gasteiger partial charge >= 0.3 is 0 Å². The van der Waals surface area contributed by atoms with Crippen LogP contribution in [0.1, 0.15) is 0 Å². The van der Waals surface area contributed by atoms with Crippen molar-refractivity contribution in [2.45, 2.75) is 13.1 Å². The lowest BCUT2D eigenvalue weighted by molar-refractivity contribution is 1.29. The Morgan fingerprint density at radius 3 is 2.10 bits per heavy atom. The predicted octanol–water partition coefficient (Wildman–Crippen LogP) is 12.8. The van der Waals surface area contributed by atoms with Gasteiger partial charge in [0.15, 0.2) is 0 Å². The summed E-state index contributed by atoms with van der Waals surface area (Å²) in [5.74, 6) is 0. The number of nitrogens with zero attached hydrogens (tertiary/aromatic N) is 1. The molecule has 8 aromatic carbocycles. The van der Waals surface area contributed by atoms with Crippen molar-refractivity contribution < 1.29 is 0 Å². The second-order valence-corrected chi connectivity index (χ2v) is 19.6. The van der Waals surface area contributed by atoms with Gasteiger partial charge in [-0.1, -0.05) is 140 Å². The molecule has 1 aromatic heterocycles. The molecule has 10 rings (SSSR count). The molecule has 0 spiro atoms. The smallest absolute Gasteiger partial charge is 0.113 e. The molecule has 0 atom stereocenters. The molecule has 0 unspecified atom stereocenters. The monoisotopic (exact) mass is 685 g/mol. The van der Waals surface area contributed by atoms with Gasteiger partial charge in [0, 0.05) is 37.1 Å². The van der Waals surface area contributed by atoms with E-state index < -0.39 is 8.07 Å². The molecule has 0 radical (unpaired) electrons. The summed E-state index contributed by atoms with van der Waals surface area (Å²) in [6, 6.07) is 65.1. The number of thiophene rings is 1. The van der Waals surface area contributed by atoms with Crippen LogP contribution >= 0.6 is 11.3 Å². The lowest BCUT2D eigenvalue weighted by atomic mass is 9.97. The number of benzene rings is 8. The number of hydrogen-bond donors (Lipinski definition) is 0. The van der Waals surface area contributed by atoms with Crippen LogP contribution in [0.25, 0.3) is 64.3 Å². The summed E-state index contributed by atoms with van der Waals surface area (Å²) in [5.41, 5.74) is 11.2. The SMILES string of the molecule is C[Si]1(C)c2cc(N(c3cccc(-c4ccccc4)c3)c3ccccc3-c3ccc4ccccc4c3)ccc2-c2c1ccc1sc3ccccc3c21. The summed E-state index contributed by atoms with van der Waals surface area (Å²) in [7, 11) is -2.03. The maximum Gasteiger partial charge on any atom is 0.113 e. The second-order valence-electron chi connectivity index (χ2n) is 14.1. The first kappa shape index (κ1) is 30.1. The van der Waals surface area contributed by atoms with Crippen LogP contribution in [0.4, 0.5) is 17.1 Å². The van der Waals surface area contributed by atoms with Gasteiger partial charge in [-0.15, -0.1) is 11.3 Å². The molecule has 2 heterocycles. The van der Waals surface area contributed by atoms with E-state index in [0.29, 0.717) is 0 Å². The van der Waals surface area contributed by atoms with Crippen molar-refractivity contribution in [3.8, 4) is 33.4 Å². The molecule has 0 aliphatic carbocycles. The van der Waals surface area contributed by atoms with E-state index in [1.54, 1.807) is 5.19 Å². The number of fused-ring (bicyclic) bond motifs is 8. The molecule has 1 aliphatic heterocycles. The molecular formula is C48H35NSSi. The quantitative estimate of drug-likeness (QED) is 0.163. The van der Waals surface area contributed by atoms with E-state index in [9.17, 15) is 0 Å². The molecule has 9 aromatic rings. The van der Waals surface area contributed by atoms with Gasteiger partial charge in [0.2, 0.25) is 0 Å². The molecule has 51 heavy (non-hydrogen) atoms. The summed E-state index contributed by atoms with van der Waals surface area (Å²) in [6.07, 6.45) is 0. The highest BCUT2D eigenvalue weighted by Gasteiger charge is 2.39. The normalized spacial score (nSPS) is 13.1. The van der Waals surface area contributed by atoms with Crippen molar-refractivity contribution in [1.29, 1.82) is 0 Å². The predicted molar refractivity (Wildman–Crippen MR) is 225 cm³/mol. The van der Waals surface area contributed by atoms with Crippen LogP contribution in [-0.4, -0.2) is 8.07 Å². The Balaban J connectivity index is 1.20. The zero-order chi connectivity index (χ0) is 34.1. The highest BCUT2D eigenvalue weighted by atomic mass is 32.1. The van der Waals surface area contributed by atoms with Gasteiger partial charge < -0.3 is 4.90 Å². The third-order valence-corrected chi connectivity index (χ3v) is 15.5. The van der Waals surface area contributed by atoms with Gasteiger partial charge in [-0.25, -0.2) is 0 Å². The van der Waals surface area contributed by atoms with Crippen LogP contribution in [0.5, 0.6) is 0 Å². The molecular weight excluding hydrogens is 651 g/mol. The summed E-state index contributed by atoms with van der Waals surface area (Å²) in [6.45, 7) is 5.07. The second kappa shape index (κ2) is 11.7. The van der Waals surface area contributed by atoms with Crippen molar-refractivity contribution >= 4 is 77.8 Å². The minimum absolute atomic E-state index is 1.14. The largest absolute Gasteiger partial charge is 0.310 e. The van der Waals surface area contributed by atoms with Gasteiger partial charge in [0.25, 0.3) is 0 Å². The number of rotatable bonds is 5. The molecule has 0 bridgehead atoms. The molecule has 0 N–H and O–H groups in total. The van der Waals surface area contributed by atoms with Crippen molar-refractivity contribution in [1.82, 2.24) is 0 Å².